The summed E-state index contributed by atoms with van der Waals surface area (Å²) < 4.78 is 7.07. The zero-order valence-corrected chi connectivity index (χ0v) is 13.2. The van der Waals surface area contributed by atoms with Crippen LogP contribution in [0, 0.1) is 5.92 Å². The fourth-order valence-corrected chi connectivity index (χ4v) is 2.98. The topological polar surface area (TPSA) is 44.1 Å². The predicted molar refractivity (Wildman–Crippen MR) is 85.2 cm³/mol. The Bertz CT molecular complexity index is 702. The maximum absolute atomic E-state index is 12.0. The van der Waals surface area contributed by atoms with Crippen LogP contribution in [0.3, 0.4) is 0 Å². The Morgan fingerprint density at radius 3 is 2.59 bits per heavy atom. The van der Waals surface area contributed by atoms with Crippen LogP contribution in [-0.2, 0) is 16.1 Å². The van der Waals surface area contributed by atoms with Crippen molar-refractivity contribution >= 4 is 29.2 Å². The van der Waals surface area contributed by atoms with Crippen molar-refractivity contribution in [1.29, 1.82) is 0 Å². The van der Waals surface area contributed by atoms with E-state index in [-0.39, 0.29) is 28.9 Å². The van der Waals surface area contributed by atoms with E-state index in [0.29, 0.717) is 5.69 Å². The number of esters is 1. The molecule has 0 radical (unpaired) electrons. The lowest BCUT2D eigenvalue weighted by atomic mass is 10.1. The second-order valence-corrected chi connectivity index (χ2v) is 5.73. The van der Waals surface area contributed by atoms with Gasteiger partial charge in [-0.2, -0.15) is 0 Å². The average molecular weight is 337 g/mol. The largest absolute Gasteiger partial charge is 0.459 e. The molecule has 1 heterocycles. The molecular formula is C16H14Cl2N2O2. The van der Waals surface area contributed by atoms with Crippen molar-refractivity contribution in [3.8, 4) is 5.69 Å². The van der Waals surface area contributed by atoms with E-state index in [0.717, 1.165) is 18.5 Å². The van der Waals surface area contributed by atoms with Crippen LogP contribution in [0.4, 0.5) is 0 Å². The lowest BCUT2D eigenvalue weighted by Crippen LogP contribution is -2.16. The number of carbonyl (C=O) groups is 1. The molecule has 0 atom stereocenters. The van der Waals surface area contributed by atoms with Crippen molar-refractivity contribution in [2.45, 2.75) is 19.4 Å². The van der Waals surface area contributed by atoms with Crippen molar-refractivity contribution in [1.82, 2.24) is 9.55 Å². The van der Waals surface area contributed by atoms with Crippen LogP contribution >= 0.6 is 23.2 Å². The minimum Gasteiger partial charge on any atom is -0.459 e. The van der Waals surface area contributed by atoms with Crippen molar-refractivity contribution in [3.05, 3.63) is 58.6 Å². The molecule has 6 heteroatoms. The molecule has 4 nitrogen and oxygen atoms in total. The summed E-state index contributed by atoms with van der Waals surface area (Å²) in [6.45, 7) is 0.0444. The molecule has 0 fully saturated rings. The number of imidazole rings is 1. The van der Waals surface area contributed by atoms with Gasteiger partial charge in [-0.1, -0.05) is 42.0 Å². The van der Waals surface area contributed by atoms with E-state index < -0.39 is 0 Å². The Hall–Kier alpha value is -1.78. The quantitative estimate of drug-likeness (QED) is 0.621. The van der Waals surface area contributed by atoms with E-state index in [4.69, 9.17) is 27.9 Å². The molecule has 0 spiro atoms. The van der Waals surface area contributed by atoms with Gasteiger partial charge in [0, 0.05) is 5.69 Å². The highest BCUT2D eigenvalue weighted by Crippen LogP contribution is 2.27. The molecular weight excluding hydrogens is 323 g/mol. The Morgan fingerprint density at radius 1 is 1.23 bits per heavy atom. The summed E-state index contributed by atoms with van der Waals surface area (Å²) in [7, 11) is 0. The van der Waals surface area contributed by atoms with Crippen LogP contribution < -0.4 is 0 Å². The van der Waals surface area contributed by atoms with Gasteiger partial charge in [0.2, 0.25) is 5.28 Å². The molecule has 0 unspecified atom stereocenters. The maximum atomic E-state index is 12.0. The number of aromatic nitrogens is 2. The number of benzene rings is 1. The predicted octanol–water partition coefficient (Wildman–Crippen LogP) is 4.19. The van der Waals surface area contributed by atoms with Crippen LogP contribution in [0.15, 0.2) is 42.5 Å². The number of allylic oxidation sites excluding steroid dienone is 2. The number of rotatable bonds is 4. The summed E-state index contributed by atoms with van der Waals surface area (Å²) in [4.78, 5) is 16.1. The monoisotopic (exact) mass is 336 g/mol. The number of halogens is 2. The van der Waals surface area contributed by atoms with Gasteiger partial charge in [0.1, 0.15) is 12.3 Å². The minimum absolute atomic E-state index is 0.0444. The molecule has 0 bridgehead atoms. The molecule has 1 aliphatic rings. The first kappa shape index (κ1) is 15.1. The van der Waals surface area contributed by atoms with Crippen LogP contribution in [-0.4, -0.2) is 15.5 Å². The standard InChI is InChI=1S/C16H14Cl2N2O2/c17-14-13(10-22-15(21)11-6-4-5-7-11)20(16(18)19-14)12-8-2-1-3-9-12/h1-5,8-9,11H,6-7,10H2. The number of hydrogen-bond acceptors (Lipinski definition) is 3. The zero-order valence-electron chi connectivity index (χ0n) is 11.7. The van der Waals surface area contributed by atoms with Gasteiger partial charge >= 0.3 is 5.97 Å². The molecule has 1 aliphatic carbocycles. The third kappa shape index (κ3) is 3.03. The van der Waals surface area contributed by atoms with Crippen LogP contribution in [0.25, 0.3) is 5.69 Å². The zero-order chi connectivity index (χ0) is 15.5. The molecule has 1 aromatic heterocycles. The van der Waals surface area contributed by atoms with E-state index in [1.807, 2.05) is 42.5 Å². The maximum Gasteiger partial charge on any atom is 0.309 e. The molecule has 22 heavy (non-hydrogen) atoms. The Morgan fingerprint density at radius 2 is 1.91 bits per heavy atom. The first-order valence-electron chi connectivity index (χ1n) is 6.96. The number of para-hydroxylation sites is 1. The highest BCUT2D eigenvalue weighted by Gasteiger charge is 2.23. The van der Waals surface area contributed by atoms with Gasteiger partial charge in [0.15, 0.2) is 5.15 Å². The molecule has 1 aromatic carbocycles. The van der Waals surface area contributed by atoms with Gasteiger partial charge in [-0.05, 0) is 36.6 Å². The summed E-state index contributed by atoms with van der Waals surface area (Å²) in [5, 5.41) is 0.482. The minimum atomic E-state index is -0.224. The van der Waals surface area contributed by atoms with Gasteiger partial charge in [0.05, 0.1) is 5.92 Å². The molecule has 3 rings (SSSR count). The highest BCUT2D eigenvalue weighted by atomic mass is 35.5. The smallest absolute Gasteiger partial charge is 0.309 e. The number of carbonyl (C=O) groups excluding carboxylic acids is 1. The normalized spacial score (nSPS) is 14.5. The first-order chi connectivity index (χ1) is 10.7. The van der Waals surface area contributed by atoms with Crippen molar-refractivity contribution in [2.75, 3.05) is 0 Å². The van der Waals surface area contributed by atoms with E-state index in [1.54, 1.807) is 4.57 Å². The second kappa shape index (κ2) is 6.55. The lowest BCUT2D eigenvalue weighted by molar-refractivity contribution is -0.149. The van der Waals surface area contributed by atoms with Gasteiger partial charge in [-0.3, -0.25) is 9.36 Å². The van der Waals surface area contributed by atoms with Crippen LogP contribution in [0.5, 0.6) is 0 Å². The van der Waals surface area contributed by atoms with Crippen molar-refractivity contribution < 1.29 is 9.53 Å². The van der Waals surface area contributed by atoms with E-state index in [2.05, 4.69) is 4.98 Å². The van der Waals surface area contributed by atoms with Gasteiger partial charge in [0.25, 0.3) is 0 Å². The Kier molecular flexibility index (Phi) is 4.50. The van der Waals surface area contributed by atoms with Gasteiger partial charge in [-0.15, -0.1) is 0 Å². The summed E-state index contributed by atoms with van der Waals surface area (Å²) >= 11 is 12.3. The number of ether oxygens (including phenoxy) is 1. The van der Waals surface area contributed by atoms with Crippen molar-refractivity contribution in [3.63, 3.8) is 0 Å². The SMILES string of the molecule is O=C(OCc1c(Cl)nc(Cl)n1-c1ccccc1)C1CC=CC1. The number of nitrogens with zero attached hydrogens (tertiary/aromatic N) is 2. The Balaban J connectivity index is 1.80. The van der Waals surface area contributed by atoms with Crippen LogP contribution in [0.2, 0.25) is 10.4 Å². The second-order valence-electron chi connectivity index (χ2n) is 5.04. The average Bonchev–Trinajstić information content (AvgIpc) is 3.14. The van der Waals surface area contributed by atoms with Gasteiger partial charge in [-0.25, -0.2) is 4.98 Å². The molecule has 2 aromatic rings. The van der Waals surface area contributed by atoms with E-state index in [1.165, 1.54) is 0 Å². The highest BCUT2D eigenvalue weighted by molar-refractivity contribution is 6.33. The summed E-state index contributed by atoms with van der Waals surface area (Å²) in [6, 6.07) is 9.45. The molecule has 114 valence electrons. The van der Waals surface area contributed by atoms with Crippen LogP contribution in [0.1, 0.15) is 18.5 Å². The van der Waals surface area contributed by atoms with E-state index in [9.17, 15) is 4.79 Å². The summed E-state index contributed by atoms with van der Waals surface area (Å²) in [5.74, 6) is -0.319. The fraction of sp³-hybridized carbons (Fsp3) is 0.250. The molecule has 0 N–H and O–H groups in total. The lowest BCUT2D eigenvalue weighted by Gasteiger charge is -2.12. The third-order valence-corrected chi connectivity index (χ3v) is 4.15. The fourth-order valence-electron chi connectivity index (χ4n) is 2.43. The van der Waals surface area contributed by atoms with E-state index >= 15 is 0 Å². The molecule has 0 saturated heterocycles. The summed E-state index contributed by atoms with van der Waals surface area (Å²) in [6.07, 6.45) is 5.44. The van der Waals surface area contributed by atoms with Crippen molar-refractivity contribution in [2.24, 2.45) is 5.92 Å². The van der Waals surface area contributed by atoms with Gasteiger partial charge < -0.3 is 4.74 Å². The molecule has 0 aliphatic heterocycles. The summed E-state index contributed by atoms with van der Waals surface area (Å²) in [5.41, 5.74) is 1.39. The third-order valence-electron chi connectivity index (χ3n) is 3.59. The Labute approximate surface area is 138 Å². The molecule has 0 amide bonds. The first-order valence-corrected chi connectivity index (χ1v) is 7.72. The number of hydrogen-bond donors (Lipinski definition) is 0. The molecule has 0 saturated carbocycles.